The van der Waals surface area contributed by atoms with Crippen molar-refractivity contribution < 1.29 is 28.2 Å². The first-order valence-corrected chi connectivity index (χ1v) is 12.0. The fourth-order valence-corrected chi connectivity index (χ4v) is 4.25. The standard InChI is InChI=1S/C28H26FN3O5/c1-36-23-4-2-3-17(15-23)16-32-24(27(34)31-22-13-14-22)25(37-28(32)35)18-7-11-21(12-8-18)30-26(33)19-5-9-20(29)10-6-19/h2-12,15,22,24-25H,13-14,16H2,1H3,(H,30,33)(H,31,34)/t24-,25+/m1/s1. The number of cyclic esters (lactones) is 1. The third-order valence-electron chi connectivity index (χ3n) is 6.37. The molecular weight excluding hydrogens is 477 g/mol. The first kappa shape index (κ1) is 24.3. The molecule has 37 heavy (non-hydrogen) atoms. The molecule has 3 amide bonds. The molecule has 9 heteroatoms. The lowest BCUT2D eigenvalue weighted by Crippen LogP contribution is -2.46. The van der Waals surface area contributed by atoms with E-state index in [0.29, 0.717) is 22.6 Å². The number of carbonyl (C=O) groups is 3. The number of nitrogens with one attached hydrogen (secondary N) is 2. The minimum absolute atomic E-state index is 0.117. The van der Waals surface area contributed by atoms with Crippen molar-refractivity contribution in [3.63, 3.8) is 0 Å². The molecule has 3 aromatic rings. The molecule has 1 saturated heterocycles. The van der Waals surface area contributed by atoms with Crippen molar-refractivity contribution >= 4 is 23.6 Å². The van der Waals surface area contributed by atoms with Gasteiger partial charge in [0.1, 0.15) is 11.6 Å². The molecule has 0 radical (unpaired) electrons. The molecule has 1 aliphatic heterocycles. The SMILES string of the molecule is COc1cccc(CN2C(=O)O[C@@H](c3ccc(NC(=O)c4ccc(F)cc4)cc3)[C@@H]2C(=O)NC2CC2)c1. The van der Waals surface area contributed by atoms with Gasteiger partial charge in [-0.2, -0.15) is 0 Å². The third-order valence-corrected chi connectivity index (χ3v) is 6.37. The maximum Gasteiger partial charge on any atom is 0.411 e. The molecule has 0 bridgehead atoms. The van der Waals surface area contributed by atoms with Crippen molar-refractivity contribution in [2.45, 2.75) is 37.6 Å². The quantitative estimate of drug-likeness (QED) is 0.474. The van der Waals surface area contributed by atoms with Gasteiger partial charge < -0.3 is 20.1 Å². The van der Waals surface area contributed by atoms with Gasteiger partial charge in [-0.05, 0) is 72.5 Å². The fraction of sp³-hybridized carbons (Fsp3) is 0.250. The predicted octanol–water partition coefficient (Wildman–Crippen LogP) is 4.43. The number of methoxy groups -OCH3 is 1. The molecule has 2 N–H and O–H groups in total. The summed E-state index contributed by atoms with van der Waals surface area (Å²) < 4.78 is 24.1. The summed E-state index contributed by atoms with van der Waals surface area (Å²) in [6, 6.07) is 18.6. The largest absolute Gasteiger partial charge is 0.497 e. The van der Waals surface area contributed by atoms with Gasteiger partial charge in [0.05, 0.1) is 13.7 Å². The van der Waals surface area contributed by atoms with Crippen LogP contribution in [0.2, 0.25) is 0 Å². The topological polar surface area (TPSA) is 97.0 Å². The highest BCUT2D eigenvalue weighted by Crippen LogP contribution is 2.35. The Labute approximate surface area is 213 Å². The molecule has 0 spiro atoms. The van der Waals surface area contributed by atoms with Crippen LogP contribution in [0.3, 0.4) is 0 Å². The van der Waals surface area contributed by atoms with Gasteiger partial charge >= 0.3 is 6.09 Å². The van der Waals surface area contributed by atoms with Crippen molar-refractivity contribution in [2.24, 2.45) is 0 Å². The molecule has 1 saturated carbocycles. The molecule has 2 atom stereocenters. The molecule has 0 unspecified atom stereocenters. The van der Waals surface area contributed by atoms with E-state index in [0.717, 1.165) is 18.4 Å². The van der Waals surface area contributed by atoms with E-state index < -0.39 is 24.1 Å². The summed E-state index contributed by atoms with van der Waals surface area (Å²) in [5, 5.41) is 5.75. The monoisotopic (exact) mass is 503 g/mol. The van der Waals surface area contributed by atoms with E-state index in [4.69, 9.17) is 9.47 Å². The van der Waals surface area contributed by atoms with Gasteiger partial charge in [0.2, 0.25) is 5.91 Å². The summed E-state index contributed by atoms with van der Waals surface area (Å²) in [6.07, 6.45) is 0.420. The Morgan fingerprint density at radius 1 is 1.05 bits per heavy atom. The molecule has 3 aromatic carbocycles. The zero-order chi connectivity index (χ0) is 25.9. The number of rotatable bonds is 8. The number of ether oxygens (including phenoxy) is 2. The number of amides is 3. The molecule has 8 nitrogen and oxygen atoms in total. The maximum atomic E-state index is 13.2. The maximum absolute atomic E-state index is 13.2. The predicted molar refractivity (Wildman–Crippen MR) is 134 cm³/mol. The normalized spacial score (nSPS) is 18.8. The zero-order valence-corrected chi connectivity index (χ0v) is 20.1. The number of halogens is 1. The summed E-state index contributed by atoms with van der Waals surface area (Å²) in [6.45, 7) is 0.182. The highest BCUT2D eigenvalue weighted by atomic mass is 19.1. The van der Waals surface area contributed by atoms with Crippen LogP contribution in [0.4, 0.5) is 14.9 Å². The fourth-order valence-electron chi connectivity index (χ4n) is 4.25. The van der Waals surface area contributed by atoms with Crippen molar-refractivity contribution in [2.75, 3.05) is 12.4 Å². The second-order valence-corrected chi connectivity index (χ2v) is 9.09. The average Bonchev–Trinajstić information content (AvgIpc) is 3.66. The molecule has 0 aromatic heterocycles. The minimum Gasteiger partial charge on any atom is -0.497 e. The van der Waals surface area contributed by atoms with Crippen LogP contribution in [0, 0.1) is 5.82 Å². The van der Waals surface area contributed by atoms with Gasteiger partial charge in [-0.1, -0.05) is 24.3 Å². The highest BCUT2D eigenvalue weighted by Gasteiger charge is 2.47. The third kappa shape index (κ3) is 5.55. The Bertz CT molecular complexity index is 1310. The summed E-state index contributed by atoms with van der Waals surface area (Å²) in [5.74, 6) is -0.423. The first-order valence-electron chi connectivity index (χ1n) is 12.0. The second kappa shape index (κ2) is 10.3. The van der Waals surface area contributed by atoms with Gasteiger partial charge in [-0.15, -0.1) is 0 Å². The number of hydrogen-bond donors (Lipinski definition) is 2. The van der Waals surface area contributed by atoms with E-state index in [9.17, 15) is 18.8 Å². The molecule has 2 aliphatic rings. The summed E-state index contributed by atoms with van der Waals surface area (Å²) >= 11 is 0. The molecule has 2 fully saturated rings. The smallest absolute Gasteiger partial charge is 0.411 e. The van der Waals surface area contributed by atoms with E-state index in [1.807, 2.05) is 24.3 Å². The van der Waals surface area contributed by atoms with Gasteiger partial charge in [0.15, 0.2) is 12.1 Å². The van der Waals surface area contributed by atoms with E-state index in [1.54, 1.807) is 31.4 Å². The van der Waals surface area contributed by atoms with E-state index in [-0.39, 0.29) is 24.4 Å². The summed E-state index contributed by atoms with van der Waals surface area (Å²) in [5.41, 5.74) is 2.26. The minimum atomic E-state index is -0.862. The summed E-state index contributed by atoms with van der Waals surface area (Å²) in [7, 11) is 1.57. The van der Waals surface area contributed by atoms with Gasteiger partial charge in [-0.25, -0.2) is 9.18 Å². The van der Waals surface area contributed by atoms with Crippen LogP contribution < -0.4 is 15.4 Å². The number of carbonyl (C=O) groups excluding carboxylic acids is 3. The second-order valence-electron chi connectivity index (χ2n) is 9.09. The van der Waals surface area contributed by atoms with Crippen molar-refractivity contribution in [3.8, 4) is 5.75 Å². The van der Waals surface area contributed by atoms with Gasteiger partial charge in [0, 0.05) is 17.3 Å². The number of hydrogen-bond acceptors (Lipinski definition) is 5. The zero-order valence-electron chi connectivity index (χ0n) is 20.1. The van der Waals surface area contributed by atoms with Crippen LogP contribution in [0.1, 0.15) is 40.4 Å². The van der Waals surface area contributed by atoms with Crippen LogP contribution in [0.15, 0.2) is 72.8 Å². The van der Waals surface area contributed by atoms with Crippen LogP contribution in [0.5, 0.6) is 5.75 Å². The van der Waals surface area contributed by atoms with Crippen LogP contribution in [0.25, 0.3) is 0 Å². The van der Waals surface area contributed by atoms with Crippen molar-refractivity contribution in [3.05, 3.63) is 95.3 Å². The Kier molecular flexibility index (Phi) is 6.76. The van der Waals surface area contributed by atoms with Crippen molar-refractivity contribution in [1.29, 1.82) is 0 Å². The Hall–Kier alpha value is -4.40. The van der Waals surface area contributed by atoms with Gasteiger partial charge in [0.25, 0.3) is 5.91 Å². The lowest BCUT2D eigenvalue weighted by molar-refractivity contribution is -0.126. The molecule has 5 rings (SSSR count). The first-order chi connectivity index (χ1) is 17.9. The molecule has 1 heterocycles. The Morgan fingerprint density at radius 3 is 2.46 bits per heavy atom. The van der Waals surface area contributed by atoms with E-state index in [2.05, 4.69) is 10.6 Å². The van der Waals surface area contributed by atoms with E-state index in [1.165, 1.54) is 29.2 Å². The molecule has 1 aliphatic carbocycles. The highest BCUT2D eigenvalue weighted by molar-refractivity contribution is 6.04. The number of benzene rings is 3. The lowest BCUT2D eigenvalue weighted by atomic mass is 10.00. The van der Waals surface area contributed by atoms with Crippen molar-refractivity contribution in [1.82, 2.24) is 10.2 Å². The Morgan fingerprint density at radius 2 is 1.78 bits per heavy atom. The average molecular weight is 504 g/mol. The molecule has 190 valence electrons. The number of anilines is 1. The Balaban J connectivity index is 1.35. The number of nitrogens with zero attached hydrogens (tertiary/aromatic N) is 1. The van der Waals surface area contributed by atoms with Crippen LogP contribution in [-0.4, -0.2) is 42.0 Å². The summed E-state index contributed by atoms with van der Waals surface area (Å²) in [4.78, 5) is 40.1. The lowest BCUT2D eigenvalue weighted by Gasteiger charge is -2.24. The van der Waals surface area contributed by atoms with Gasteiger partial charge in [-0.3, -0.25) is 14.5 Å². The van der Waals surface area contributed by atoms with Crippen LogP contribution in [-0.2, 0) is 16.1 Å². The molecular formula is C28H26FN3O5. The van der Waals surface area contributed by atoms with Crippen LogP contribution >= 0.6 is 0 Å². The van der Waals surface area contributed by atoms with E-state index >= 15 is 0 Å².